The molecule has 1 aromatic heterocycles. The molecule has 0 fully saturated rings. The van der Waals surface area contributed by atoms with Gasteiger partial charge in [-0.15, -0.1) is 0 Å². The van der Waals surface area contributed by atoms with Crippen molar-refractivity contribution in [3.8, 4) is 11.5 Å². The largest absolute Gasteiger partial charge is 0.416 e. The number of nitrogens with one attached hydrogen (secondary N) is 1. The number of nitrogens with zero attached hydrogens (tertiary/aromatic N) is 3. The lowest BCUT2D eigenvalue weighted by atomic mass is 10.2. The number of carbonyl (C=O) groups is 1. The summed E-state index contributed by atoms with van der Waals surface area (Å²) in [6.45, 7) is 0.262. The number of benzene rings is 2. The van der Waals surface area contributed by atoms with Crippen molar-refractivity contribution in [3.05, 3.63) is 66.0 Å². The maximum atomic E-state index is 12.8. The fourth-order valence-electron chi connectivity index (χ4n) is 2.41. The Labute approximate surface area is 159 Å². The van der Waals surface area contributed by atoms with E-state index in [1.54, 1.807) is 0 Å². The zero-order valence-corrected chi connectivity index (χ0v) is 14.9. The molecule has 28 heavy (non-hydrogen) atoms. The van der Waals surface area contributed by atoms with Crippen molar-refractivity contribution < 1.29 is 22.5 Å². The molecule has 0 bridgehead atoms. The molecule has 0 radical (unpaired) electrons. The Bertz CT molecular complexity index is 942. The molecular weight excluding hydrogens is 373 g/mol. The highest BCUT2D eigenvalue weighted by Crippen LogP contribution is 2.30. The monoisotopic (exact) mass is 390 g/mol. The molecule has 0 atom stereocenters. The van der Waals surface area contributed by atoms with Crippen molar-refractivity contribution in [2.75, 3.05) is 18.9 Å². The summed E-state index contributed by atoms with van der Waals surface area (Å²) < 4.78 is 43.5. The second-order valence-electron chi connectivity index (χ2n) is 6.06. The van der Waals surface area contributed by atoms with E-state index in [0.717, 1.165) is 17.7 Å². The third kappa shape index (κ3) is 4.87. The van der Waals surface area contributed by atoms with Gasteiger partial charge >= 0.3 is 12.2 Å². The minimum atomic E-state index is -4.47. The summed E-state index contributed by atoms with van der Waals surface area (Å²) in [5.41, 5.74) is 0.0303. The molecule has 1 N–H and O–H groups in total. The highest BCUT2D eigenvalue weighted by molar-refractivity contribution is 5.89. The zero-order valence-electron chi connectivity index (χ0n) is 14.9. The van der Waals surface area contributed by atoms with Crippen LogP contribution in [-0.4, -0.2) is 34.7 Å². The average Bonchev–Trinajstić information content (AvgIpc) is 3.15. The number of anilines is 1. The Kier molecular flexibility index (Phi) is 5.62. The minimum Gasteiger partial charge on any atom is -0.334 e. The van der Waals surface area contributed by atoms with E-state index in [1.165, 1.54) is 24.1 Å². The van der Waals surface area contributed by atoms with E-state index in [0.29, 0.717) is 18.1 Å². The normalized spacial score (nSPS) is 11.3. The Morgan fingerprint density at radius 3 is 2.61 bits per heavy atom. The Hall–Kier alpha value is -3.36. The molecule has 2 amide bonds. The van der Waals surface area contributed by atoms with Gasteiger partial charge in [0.05, 0.1) is 5.56 Å². The van der Waals surface area contributed by atoms with Gasteiger partial charge in [-0.2, -0.15) is 18.2 Å². The number of alkyl halides is 3. The molecule has 3 rings (SSSR count). The van der Waals surface area contributed by atoms with Crippen LogP contribution in [0.2, 0.25) is 0 Å². The lowest BCUT2D eigenvalue weighted by molar-refractivity contribution is -0.137. The Morgan fingerprint density at radius 1 is 1.14 bits per heavy atom. The Morgan fingerprint density at radius 2 is 1.89 bits per heavy atom. The summed E-state index contributed by atoms with van der Waals surface area (Å²) >= 11 is 0. The summed E-state index contributed by atoms with van der Waals surface area (Å²) in [7, 11) is 1.53. The van der Waals surface area contributed by atoms with E-state index in [4.69, 9.17) is 4.52 Å². The molecule has 0 aliphatic carbocycles. The van der Waals surface area contributed by atoms with Crippen molar-refractivity contribution in [1.29, 1.82) is 0 Å². The summed E-state index contributed by atoms with van der Waals surface area (Å²) in [5, 5.41) is 6.32. The van der Waals surface area contributed by atoms with Crippen LogP contribution < -0.4 is 5.32 Å². The van der Waals surface area contributed by atoms with E-state index in [2.05, 4.69) is 15.5 Å². The lowest BCUT2D eigenvalue weighted by Crippen LogP contribution is -2.33. The number of hydrogen-bond acceptors (Lipinski definition) is 4. The summed E-state index contributed by atoms with van der Waals surface area (Å²) in [5.74, 6) is 0.809. The Balaban J connectivity index is 1.56. The topological polar surface area (TPSA) is 71.3 Å². The van der Waals surface area contributed by atoms with Crippen LogP contribution in [0.1, 0.15) is 11.4 Å². The number of amides is 2. The third-order valence-electron chi connectivity index (χ3n) is 3.95. The highest BCUT2D eigenvalue weighted by atomic mass is 19.4. The van der Waals surface area contributed by atoms with Crippen LogP contribution >= 0.6 is 0 Å². The van der Waals surface area contributed by atoms with Gasteiger partial charge in [0.25, 0.3) is 5.89 Å². The second-order valence-corrected chi connectivity index (χ2v) is 6.06. The van der Waals surface area contributed by atoms with Gasteiger partial charge in [-0.05, 0) is 30.3 Å². The van der Waals surface area contributed by atoms with Crippen LogP contribution in [0.3, 0.4) is 0 Å². The number of halogens is 3. The van der Waals surface area contributed by atoms with E-state index < -0.39 is 17.8 Å². The summed E-state index contributed by atoms with van der Waals surface area (Å²) in [6.07, 6.45) is -4.13. The summed E-state index contributed by atoms with van der Waals surface area (Å²) in [4.78, 5) is 17.8. The van der Waals surface area contributed by atoms with E-state index in [1.807, 2.05) is 30.3 Å². The van der Waals surface area contributed by atoms with Gasteiger partial charge in [0.15, 0.2) is 5.82 Å². The van der Waals surface area contributed by atoms with Crippen LogP contribution in [0.4, 0.5) is 23.7 Å². The fourth-order valence-corrected chi connectivity index (χ4v) is 2.41. The van der Waals surface area contributed by atoms with Gasteiger partial charge in [-0.25, -0.2) is 4.79 Å². The molecule has 2 aromatic carbocycles. The molecule has 0 saturated heterocycles. The first-order chi connectivity index (χ1) is 13.3. The number of urea groups is 1. The van der Waals surface area contributed by atoms with Crippen molar-refractivity contribution in [3.63, 3.8) is 0 Å². The molecule has 0 aliphatic rings. The molecular formula is C19H17F3N4O2. The number of likely N-dealkylation sites (N-methyl/N-ethyl adjacent to an activating group) is 1. The lowest BCUT2D eigenvalue weighted by Gasteiger charge is -2.17. The zero-order chi connectivity index (χ0) is 20.1. The SMILES string of the molecule is CN(CCc1noc(-c2ccccc2)n1)C(=O)Nc1cccc(C(F)(F)F)c1. The molecule has 0 unspecified atom stereocenters. The van der Waals surface area contributed by atoms with Crippen LogP contribution in [0.15, 0.2) is 59.1 Å². The molecule has 9 heteroatoms. The summed E-state index contributed by atoms with van der Waals surface area (Å²) in [6, 6.07) is 13.2. The number of aromatic nitrogens is 2. The number of hydrogen-bond donors (Lipinski definition) is 1. The predicted molar refractivity (Wildman–Crippen MR) is 96.5 cm³/mol. The molecule has 0 saturated carbocycles. The maximum absolute atomic E-state index is 12.8. The third-order valence-corrected chi connectivity index (χ3v) is 3.95. The van der Waals surface area contributed by atoms with Crippen LogP contribution in [0.5, 0.6) is 0 Å². The van der Waals surface area contributed by atoms with Crippen LogP contribution in [0, 0.1) is 0 Å². The first-order valence-electron chi connectivity index (χ1n) is 8.40. The number of rotatable bonds is 5. The fraction of sp³-hybridized carbons (Fsp3) is 0.211. The number of carbonyl (C=O) groups excluding carboxylic acids is 1. The van der Waals surface area contributed by atoms with E-state index in [9.17, 15) is 18.0 Å². The van der Waals surface area contributed by atoms with Gasteiger partial charge in [-0.3, -0.25) is 0 Å². The average molecular weight is 390 g/mol. The maximum Gasteiger partial charge on any atom is 0.416 e. The van der Waals surface area contributed by atoms with Crippen LogP contribution in [-0.2, 0) is 12.6 Å². The van der Waals surface area contributed by atoms with Gasteiger partial charge in [-0.1, -0.05) is 29.4 Å². The van der Waals surface area contributed by atoms with Gasteiger partial charge in [0.2, 0.25) is 0 Å². The molecule has 3 aromatic rings. The van der Waals surface area contributed by atoms with Crippen molar-refractivity contribution in [1.82, 2.24) is 15.0 Å². The van der Waals surface area contributed by atoms with E-state index in [-0.39, 0.29) is 12.2 Å². The van der Waals surface area contributed by atoms with Crippen molar-refractivity contribution >= 4 is 11.7 Å². The predicted octanol–water partition coefficient (Wildman–Crippen LogP) is 4.46. The smallest absolute Gasteiger partial charge is 0.334 e. The first kappa shape index (κ1) is 19.4. The van der Waals surface area contributed by atoms with Gasteiger partial charge in [0, 0.05) is 31.3 Å². The van der Waals surface area contributed by atoms with Crippen molar-refractivity contribution in [2.24, 2.45) is 0 Å². The van der Waals surface area contributed by atoms with Crippen molar-refractivity contribution in [2.45, 2.75) is 12.6 Å². The quantitative estimate of drug-likeness (QED) is 0.698. The van der Waals surface area contributed by atoms with E-state index >= 15 is 0 Å². The van der Waals surface area contributed by atoms with Crippen LogP contribution in [0.25, 0.3) is 11.5 Å². The molecule has 6 nitrogen and oxygen atoms in total. The molecule has 146 valence electrons. The first-order valence-corrected chi connectivity index (χ1v) is 8.40. The molecule has 0 aliphatic heterocycles. The molecule has 0 spiro atoms. The molecule has 1 heterocycles. The highest BCUT2D eigenvalue weighted by Gasteiger charge is 2.30. The minimum absolute atomic E-state index is 0.0672. The van der Waals surface area contributed by atoms with Gasteiger partial charge in [0.1, 0.15) is 0 Å². The second kappa shape index (κ2) is 8.12. The standard InChI is InChI=1S/C19H17F3N4O2/c1-26(18(27)23-15-9-5-8-14(12-15)19(20,21)22)11-10-16-24-17(28-25-16)13-6-3-2-4-7-13/h2-9,12H,10-11H2,1H3,(H,23,27). The van der Waals surface area contributed by atoms with Gasteiger partial charge < -0.3 is 14.7 Å².